The summed E-state index contributed by atoms with van der Waals surface area (Å²) in [4.78, 5) is 7.82. The second kappa shape index (κ2) is 7.40. The highest BCUT2D eigenvalue weighted by molar-refractivity contribution is 6.31. The van der Waals surface area contributed by atoms with E-state index in [9.17, 15) is 17.6 Å². The summed E-state index contributed by atoms with van der Waals surface area (Å²) in [5.74, 6) is -1.43. The van der Waals surface area contributed by atoms with Crippen LogP contribution in [-0.2, 0) is 0 Å². The minimum Gasteiger partial charge on any atom is -0.472 e. The van der Waals surface area contributed by atoms with E-state index >= 15 is 0 Å². The Morgan fingerprint density at radius 3 is 2.52 bits per heavy atom. The van der Waals surface area contributed by atoms with Crippen LogP contribution in [0.25, 0.3) is 11.1 Å². The number of nitrogen functional groups attached to an aromatic ring is 1. The Morgan fingerprint density at radius 2 is 1.85 bits per heavy atom. The number of hydrogen-bond donors (Lipinski definition) is 1. The number of hydrogen-bond acceptors (Lipinski definition) is 4. The van der Waals surface area contributed by atoms with E-state index in [-0.39, 0.29) is 16.6 Å². The van der Waals surface area contributed by atoms with Gasteiger partial charge in [0, 0.05) is 40.3 Å². The van der Waals surface area contributed by atoms with E-state index in [1.165, 1.54) is 18.5 Å². The Labute approximate surface area is 156 Å². The summed E-state index contributed by atoms with van der Waals surface area (Å²) in [6.07, 6.45) is -2.93. The van der Waals surface area contributed by atoms with Crippen molar-refractivity contribution in [3.8, 4) is 16.9 Å². The van der Waals surface area contributed by atoms with Crippen molar-refractivity contribution in [3.63, 3.8) is 0 Å². The lowest BCUT2D eigenvalue weighted by molar-refractivity contribution is -0.197. The van der Waals surface area contributed by atoms with Gasteiger partial charge in [0.15, 0.2) is 11.6 Å². The summed E-state index contributed by atoms with van der Waals surface area (Å²) in [6, 6.07) is 7.34. The average molecular weight is 398 g/mol. The number of rotatable bonds is 4. The lowest BCUT2D eigenvalue weighted by Gasteiger charge is -2.23. The van der Waals surface area contributed by atoms with Gasteiger partial charge in [-0.15, -0.1) is 0 Å². The topological polar surface area (TPSA) is 61.0 Å². The molecule has 3 rings (SSSR count). The molecule has 2 N–H and O–H groups in total. The third-order valence-electron chi connectivity index (χ3n) is 3.66. The Morgan fingerprint density at radius 1 is 1.07 bits per heavy atom. The largest absolute Gasteiger partial charge is 0.472 e. The number of halogens is 5. The molecule has 1 atom stereocenters. The maximum atomic E-state index is 13.6. The lowest BCUT2D eigenvalue weighted by Crippen LogP contribution is -2.27. The van der Waals surface area contributed by atoms with E-state index in [2.05, 4.69) is 9.97 Å². The van der Waals surface area contributed by atoms with Crippen LogP contribution >= 0.6 is 11.6 Å². The molecule has 1 aromatic carbocycles. The Kier molecular flexibility index (Phi) is 5.18. The molecule has 27 heavy (non-hydrogen) atoms. The van der Waals surface area contributed by atoms with Gasteiger partial charge in [0.05, 0.1) is 0 Å². The summed E-state index contributed by atoms with van der Waals surface area (Å²) in [6.45, 7) is 0. The van der Waals surface area contributed by atoms with Crippen LogP contribution in [-0.4, -0.2) is 16.1 Å². The second-order valence-corrected chi connectivity index (χ2v) is 5.96. The molecule has 2 aromatic heterocycles. The summed E-state index contributed by atoms with van der Waals surface area (Å²) in [5, 5.41) is -0.284. The fraction of sp³-hybridized carbons (Fsp3) is 0.111. The first-order valence-corrected chi connectivity index (χ1v) is 7.98. The Balaban J connectivity index is 2.03. The van der Waals surface area contributed by atoms with Gasteiger partial charge in [-0.1, -0.05) is 17.7 Å². The van der Waals surface area contributed by atoms with Crippen molar-refractivity contribution in [1.29, 1.82) is 0 Å². The quantitative estimate of drug-likeness (QED) is 0.615. The first-order chi connectivity index (χ1) is 12.8. The van der Waals surface area contributed by atoms with Crippen LogP contribution in [0.4, 0.5) is 23.4 Å². The van der Waals surface area contributed by atoms with E-state index in [0.29, 0.717) is 17.2 Å². The molecule has 0 saturated heterocycles. The van der Waals surface area contributed by atoms with Crippen molar-refractivity contribution in [3.05, 3.63) is 71.4 Å². The molecule has 140 valence electrons. The Bertz CT molecular complexity index is 951. The third-order valence-corrected chi connectivity index (χ3v) is 4.00. The summed E-state index contributed by atoms with van der Waals surface area (Å²) in [5.41, 5.74) is 6.19. The highest BCUT2D eigenvalue weighted by atomic mass is 35.5. The van der Waals surface area contributed by atoms with Crippen LogP contribution in [0.1, 0.15) is 11.7 Å². The molecule has 0 spiro atoms. The molecule has 3 aromatic rings. The van der Waals surface area contributed by atoms with Gasteiger partial charge >= 0.3 is 6.18 Å². The molecular formula is C18H12ClF4N3O. The number of ether oxygens (including phenoxy) is 1. The minimum atomic E-state index is -4.87. The zero-order valence-corrected chi connectivity index (χ0v) is 14.3. The van der Waals surface area contributed by atoms with Crippen LogP contribution < -0.4 is 10.5 Å². The highest BCUT2D eigenvalue weighted by Crippen LogP contribution is 2.41. The third kappa shape index (κ3) is 4.28. The SMILES string of the molecule is Nc1ncc(-c2cccnc2)cc1OC(c1cc(F)ccc1Cl)C(F)(F)F. The molecular weight excluding hydrogens is 386 g/mol. The molecule has 0 fully saturated rings. The summed E-state index contributed by atoms with van der Waals surface area (Å²) < 4.78 is 59.3. The van der Waals surface area contributed by atoms with Crippen molar-refractivity contribution < 1.29 is 22.3 Å². The normalized spacial score (nSPS) is 12.6. The van der Waals surface area contributed by atoms with E-state index in [1.807, 2.05) is 0 Å². The van der Waals surface area contributed by atoms with E-state index in [1.54, 1.807) is 18.3 Å². The number of benzene rings is 1. The maximum absolute atomic E-state index is 13.6. The van der Waals surface area contributed by atoms with Crippen molar-refractivity contribution in [1.82, 2.24) is 9.97 Å². The van der Waals surface area contributed by atoms with Crippen molar-refractivity contribution in [2.45, 2.75) is 12.3 Å². The smallest absolute Gasteiger partial charge is 0.429 e. The molecule has 0 radical (unpaired) electrons. The van der Waals surface area contributed by atoms with Gasteiger partial charge in [0.25, 0.3) is 0 Å². The van der Waals surface area contributed by atoms with Gasteiger partial charge in [-0.25, -0.2) is 9.37 Å². The Hall–Kier alpha value is -2.87. The monoisotopic (exact) mass is 397 g/mol. The number of aromatic nitrogens is 2. The van der Waals surface area contributed by atoms with E-state index in [0.717, 1.165) is 12.1 Å². The molecule has 9 heteroatoms. The minimum absolute atomic E-state index is 0.246. The predicted octanol–water partition coefficient (Wildman–Crippen LogP) is 5.20. The number of nitrogens with two attached hydrogens (primary N) is 1. The van der Waals surface area contributed by atoms with Crippen molar-refractivity contribution in [2.24, 2.45) is 0 Å². The fourth-order valence-corrected chi connectivity index (χ4v) is 2.61. The molecule has 1 unspecified atom stereocenters. The zero-order chi connectivity index (χ0) is 19.6. The molecule has 0 aliphatic carbocycles. The number of nitrogens with zero attached hydrogens (tertiary/aromatic N) is 2. The van der Waals surface area contributed by atoms with Crippen molar-refractivity contribution >= 4 is 17.4 Å². The van der Waals surface area contributed by atoms with Gasteiger partial charge in [0.2, 0.25) is 6.10 Å². The van der Waals surface area contributed by atoms with Crippen LogP contribution in [0.3, 0.4) is 0 Å². The number of alkyl halides is 3. The van der Waals surface area contributed by atoms with Crippen LogP contribution in [0.5, 0.6) is 5.75 Å². The van der Waals surface area contributed by atoms with Gasteiger partial charge in [-0.3, -0.25) is 4.98 Å². The highest BCUT2D eigenvalue weighted by Gasteiger charge is 2.44. The standard InChI is InChI=1S/C18H12ClF4N3O/c19-14-4-3-12(20)7-13(14)16(18(21,22)23)27-15-6-11(9-26-17(15)24)10-2-1-5-25-8-10/h1-9,16H,(H2,24,26). The molecule has 0 amide bonds. The second-order valence-electron chi connectivity index (χ2n) is 5.55. The number of pyridine rings is 2. The van der Waals surface area contributed by atoms with Gasteiger partial charge in [-0.2, -0.15) is 13.2 Å². The van der Waals surface area contributed by atoms with E-state index < -0.39 is 23.7 Å². The molecule has 0 aliphatic rings. The zero-order valence-electron chi connectivity index (χ0n) is 13.5. The summed E-state index contributed by atoms with van der Waals surface area (Å²) >= 11 is 5.83. The fourth-order valence-electron chi connectivity index (χ4n) is 2.39. The molecule has 0 bridgehead atoms. The van der Waals surface area contributed by atoms with Crippen molar-refractivity contribution in [2.75, 3.05) is 5.73 Å². The molecule has 2 heterocycles. The van der Waals surface area contributed by atoms with Crippen LogP contribution in [0.2, 0.25) is 5.02 Å². The lowest BCUT2D eigenvalue weighted by atomic mass is 10.1. The average Bonchev–Trinajstić information content (AvgIpc) is 2.63. The van der Waals surface area contributed by atoms with E-state index in [4.69, 9.17) is 22.1 Å². The summed E-state index contributed by atoms with van der Waals surface area (Å²) in [7, 11) is 0. The molecule has 0 aliphatic heterocycles. The number of anilines is 1. The van der Waals surface area contributed by atoms with Crippen LogP contribution in [0, 0.1) is 5.82 Å². The molecule has 0 saturated carbocycles. The van der Waals surface area contributed by atoms with Gasteiger partial charge < -0.3 is 10.5 Å². The molecule has 4 nitrogen and oxygen atoms in total. The maximum Gasteiger partial charge on any atom is 0.429 e. The first-order valence-electron chi connectivity index (χ1n) is 7.60. The predicted molar refractivity (Wildman–Crippen MR) is 92.7 cm³/mol. The van der Waals surface area contributed by atoms with Crippen LogP contribution in [0.15, 0.2) is 55.0 Å². The first kappa shape index (κ1) is 18.9. The van der Waals surface area contributed by atoms with Gasteiger partial charge in [-0.05, 0) is 30.3 Å². The van der Waals surface area contributed by atoms with Gasteiger partial charge in [0.1, 0.15) is 5.82 Å².